The Morgan fingerprint density at radius 2 is 2.00 bits per heavy atom. The summed E-state index contributed by atoms with van der Waals surface area (Å²) in [7, 11) is 0. The monoisotopic (exact) mass is 208 g/mol. The van der Waals surface area contributed by atoms with Crippen LogP contribution in [0.1, 0.15) is 44.3 Å². The number of hydrogen-bond acceptors (Lipinski definition) is 3. The summed E-state index contributed by atoms with van der Waals surface area (Å²) < 4.78 is 5.39. The molecule has 3 nitrogen and oxygen atoms in total. The zero-order valence-corrected chi connectivity index (χ0v) is 9.89. The van der Waals surface area contributed by atoms with E-state index in [0.29, 0.717) is 5.41 Å². The van der Waals surface area contributed by atoms with Crippen LogP contribution in [0.2, 0.25) is 0 Å². The van der Waals surface area contributed by atoms with Crippen LogP contribution in [-0.2, 0) is 0 Å². The van der Waals surface area contributed by atoms with Crippen molar-refractivity contribution in [3.63, 3.8) is 0 Å². The standard InChI is InChI=1S/C12H20N2O/c1-9-11(14-10(2)15-9)13-8-12(3)6-4-5-7-12/h13H,4-8H2,1-3H3. The number of oxazole rings is 1. The van der Waals surface area contributed by atoms with Gasteiger partial charge in [-0.3, -0.25) is 0 Å². The number of aromatic nitrogens is 1. The molecule has 0 radical (unpaired) electrons. The van der Waals surface area contributed by atoms with E-state index in [2.05, 4.69) is 17.2 Å². The summed E-state index contributed by atoms with van der Waals surface area (Å²) in [5, 5.41) is 3.41. The first-order valence-electron chi connectivity index (χ1n) is 5.77. The summed E-state index contributed by atoms with van der Waals surface area (Å²) in [6.07, 6.45) is 5.40. The Morgan fingerprint density at radius 3 is 2.53 bits per heavy atom. The summed E-state index contributed by atoms with van der Waals surface area (Å²) in [6.45, 7) is 7.21. The van der Waals surface area contributed by atoms with Crippen LogP contribution < -0.4 is 5.32 Å². The van der Waals surface area contributed by atoms with Gasteiger partial charge in [0, 0.05) is 13.5 Å². The largest absolute Gasteiger partial charge is 0.444 e. The van der Waals surface area contributed by atoms with Crippen LogP contribution >= 0.6 is 0 Å². The van der Waals surface area contributed by atoms with Gasteiger partial charge < -0.3 is 9.73 Å². The fraction of sp³-hybridized carbons (Fsp3) is 0.750. The molecule has 0 aromatic carbocycles. The Bertz CT molecular complexity index is 337. The maximum absolute atomic E-state index is 5.39. The van der Waals surface area contributed by atoms with Gasteiger partial charge in [-0.25, -0.2) is 0 Å². The molecule has 0 saturated heterocycles. The Morgan fingerprint density at radius 1 is 1.33 bits per heavy atom. The van der Waals surface area contributed by atoms with Crippen LogP contribution in [0.15, 0.2) is 4.42 Å². The second kappa shape index (κ2) is 3.87. The molecule has 3 heteroatoms. The molecule has 1 aliphatic carbocycles. The first-order chi connectivity index (χ1) is 7.09. The lowest BCUT2D eigenvalue weighted by molar-refractivity contribution is 0.361. The molecule has 1 aliphatic rings. The van der Waals surface area contributed by atoms with E-state index in [0.717, 1.165) is 24.0 Å². The van der Waals surface area contributed by atoms with Gasteiger partial charge in [0.05, 0.1) is 0 Å². The molecule has 2 rings (SSSR count). The third kappa shape index (κ3) is 2.33. The SMILES string of the molecule is Cc1nc(NCC2(C)CCCC2)c(C)o1. The van der Waals surface area contributed by atoms with E-state index >= 15 is 0 Å². The minimum absolute atomic E-state index is 0.458. The molecule has 1 fully saturated rings. The van der Waals surface area contributed by atoms with Gasteiger partial charge >= 0.3 is 0 Å². The van der Waals surface area contributed by atoms with E-state index in [1.807, 2.05) is 13.8 Å². The molecule has 0 unspecified atom stereocenters. The van der Waals surface area contributed by atoms with Crippen LogP contribution in [0.3, 0.4) is 0 Å². The lowest BCUT2D eigenvalue weighted by Crippen LogP contribution is -2.23. The minimum atomic E-state index is 0.458. The van der Waals surface area contributed by atoms with Gasteiger partial charge in [-0.2, -0.15) is 4.98 Å². The molecular weight excluding hydrogens is 188 g/mol. The lowest BCUT2D eigenvalue weighted by atomic mass is 9.89. The quantitative estimate of drug-likeness (QED) is 0.828. The summed E-state index contributed by atoms with van der Waals surface area (Å²) in [6, 6.07) is 0. The first kappa shape index (κ1) is 10.5. The molecule has 1 saturated carbocycles. The van der Waals surface area contributed by atoms with E-state index in [1.165, 1.54) is 25.7 Å². The van der Waals surface area contributed by atoms with Crippen LogP contribution in [0.5, 0.6) is 0 Å². The predicted molar refractivity (Wildman–Crippen MR) is 61.0 cm³/mol. The maximum atomic E-state index is 5.39. The molecule has 0 spiro atoms. The first-order valence-corrected chi connectivity index (χ1v) is 5.77. The van der Waals surface area contributed by atoms with E-state index in [9.17, 15) is 0 Å². The van der Waals surface area contributed by atoms with Crippen molar-refractivity contribution in [2.24, 2.45) is 5.41 Å². The van der Waals surface area contributed by atoms with Crippen molar-refractivity contribution in [1.82, 2.24) is 4.98 Å². The number of anilines is 1. The van der Waals surface area contributed by atoms with Crippen LogP contribution in [0.25, 0.3) is 0 Å². The molecule has 0 amide bonds. The minimum Gasteiger partial charge on any atom is -0.444 e. The Labute approximate surface area is 91.3 Å². The number of aryl methyl sites for hydroxylation is 2. The van der Waals surface area contributed by atoms with Crippen LogP contribution in [0.4, 0.5) is 5.82 Å². The average molecular weight is 208 g/mol. The van der Waals surface area contributed by atoms with E-state index in [-0.39, 0.29) is 0 Å². The number of nitrogens with zero attached hydrogens (tertiary/aromatic N) is 1. The molecule has 0 atom stereocenters. The van der Waals surface area contributed by atoms with E-state index in [4.69, 9.17) is 4.42 Å². The molecule has 1 N–H and O–H groups in total. The molecular formula is C12H20N2O. The van der Waals surface area contributed by atoms with Gasteiger partial charge in [0.25, 0.3) is 0 Å². The molecule has 15 heavy (non-hydrogen) atoms. The molecule has 1 heterocycles. The summed E-state index contributed by atoms with van der Waals surface area (Å²) in [5.74, 6) is 2.56. The van der Waals surface area contributed by atoms with Gasteiger partial charge in [-0.1, -0.05) is 19.8 Å². The van der Waals surface area contributed by atoms with Crippen LogP contribution in [-0.4, -0.2) is 11.5 Å². The number of nitrogens with one attached hydrogen (secondary N) is 1. The van der Waals surface area contributed by atoms with Crippen LogP contribution in [0, 0.1) is 19.3 Å². The lowest BCUT2D eigenvalue weighted by Gasteiger charge is -2.23. The third-order valence-electron chi connectivity index (χ3n) is 3.40. The second-order valence-electron chi connectivity index (χ2n) is 5.01. The Balaban J connectivity index is 1.95. The predicted octanol–water partition coefficient (Wildman–Crippen LogP) is 3.28. The number of rotatable bonds is 3. The highest BCUT2D eigenvalue weighted by molar-refractivity contribution is 5.38. The highest BCUT2D eigenvalue weighted by Crippen LogP contribution is 2.37. The number of hydrogen-bond donors (Lipinski definition) is 1. The third-order valence-corrected chi connectivity index (χ3v) is 3.40. The highest BCUT2D eigenvalue weighted by atomic mass is 16.4. The average Bonchev–Trinajstić information content (AvgIpc) is 2.71. The highest BCUT2D eigenvalue weighted by Gasteiger charge is 2.28. The van der Waals surface area contributed by atoms with Crippen molar-refractivity contribution in [3.05, 3.63) is 11.7 Å². The van der Waals surface area contributed by atoms with Gasteiger partial charge in [0.15, 0.2) is 11.7 Å². The molecule has 0 bridgehead atoms. The second-order valence-corrected chi connectivity index (χ2v) is 5.01. The zero-order chi connectivity index (χ0) is 10.9. The van der Waals surface area contributed by atoms with Crippen molar-refractivity contribution in [2.75, 3.05) is 11.9 Å². The van der Waals surface area contributed by atoms with Crippen molar-refractivity contribution in [3.8, 4) is 0 Å². The Kier molecular flexibility index (Phi) is 2.72. The van der Waals surface area contributed by atoms with Gasteiger partial charge in [0.1, 0.15) is 5.76 Å². The fourth-order valence-corrected chi connectivity index (χ4v) is 2.40. The summed E-state index contributed by atoms with van der Waals surface area (Å²) in [5.41, 5.74) is 0.458. The van der Waals surface area contributed by atoms with Gasteiger partial charge in [-0.15, -0.1) is 0 Å². The van der Waals surface area contributed by atoms with Crippen molar-refractivity contribution < 1.29 is 4.42 Å². The Hall–Kier alpha value is -0.990. The van der Waals surface area contributed by atoms with Crippen molar-refractivity contribution >= 4 is 5.82 Å². The van der Waals surface area contributed by atoms with Crippen molar-refractivity contribution in [1.29, 1.82) is 0 Å². The smallest absolute Gasteiger partial charge is 0.193 e. The van der Waals surface area contributed by atoms with Crippen molar-refractivity contribution in [2.45, 2.75) is 46.5 Å². The molecule has 1 aromatic heterocycles. The molecule has 1 aromatic rings. The maximum Gasteiger partial charge on any atom is 0.193 e. The summed E-state index contributed by atoms with van der Waals surface area (Å²) >= 11 is 0. The fourth-order valence-electron chi connectivity index (χ4n) is 2.40. The van der Waals surface area contributed by atoms with Gasteiger partial charge in [-0.05, 0) is 25.2 Å². The molecule has 84 valence electrons. The normalized spacial score (nSPS) is 19.4. The van der Waals surface area contributed by atoms with E-state index < -0.39 is 0 Å². The summed E-state index contributed by atoms with van der Waals surface area (Å²) in [4.78, 5) is 4.32. The topological polar surface area (TPSA) is 38.1 Å². The molecule has 0 aliphatic heterocycles. The van der Waals surface area contributed by atoms with Gasteiger partial charge in [0.2, 0.25) is 0 Å². The van der Waals surface area contributed by atoms with E-state index in [1.54, 1.807) is 0 Å². The zero-order valence-electron chi connectivity index (χ0n) is 9.89.